The summed E-state index contributed by atoms with van der Waals surface area (Å²) in [5.74, 6) is -6.36. The SMILES string of the molecule is COc1ccc(CC[C@H]2OC(=O)[C@@H]3CCCCN3C(=O)C(=O)C(C)(C)COC(=O)C=CCCN(C)C(=O)[C@H](c3ccccc3)NC(=O)[C@H](C(C)C)N(C)C(=O)[C@@H](Cc3ccccc3)NC(=O)[C@H](CC(C)C)N(C)C(=O)CCC(=O)Nc3cccc2c3)cc1OC. The fraction of sp³-hybridized carbons (Fsp3) is 0.478. The van der Waals surface area contributed by atoms with Crippen LogP contribution in [-0.4, -0.2) is 158 Å². The van der Waals surface area contributed by atoms with E-state index in [1.54, 1.807) is 93.7 Å². The first-order chi connectivity index (χ1) is 42.8. The number of rotatable bonds is 11. The minimum absolute atomic E-state index is 0.0244. The van der Waals surface area contributed by atoms with Crippen LogP contribution in [0.5, 0.6) is 11.5 Å². The maximum atomic E-state index is 15.0. The van der Waals surface area contributed by atoms with Crippen molar-refractivity contribution in [3.8, 4) is 11.5 Å². The van der Waals surface area contributed by atoms with E-state index < -0.39 is 113 Å². The Morgan fingerprint density at radius 1 is 0.689 bits per heavy atom. The van der Waals surface area contributed by atoms with Gasteiger partial charge < -0.3 is 54.5 Å². The third-order valence-electron chi connectivity index (χ3n) is 16.3. The first-order valence-corrected chi connectivity index (χ1v) is 30.8. The van der Waals surface area contributed by atoms with E-state index in [2.05, 4.69) is 16.0 Å². The zero-order chi connectivity index (χ0) is 65.8. The lowest BCUT2D eigenvalue weighted by atomic mass is 9.87. The van der Waals surface area contributed by atoms with Crippen LogP contribution in [0.4, 0.5) is 5.69 Å². The number of ether oxygens (including phenoxy) is 4. The summed E-state index contributed by atoms with van der Waals surface area (Å²) in [5, 5.41) is 8.71. The topological polar surface area (TPSA) is 257 Å². The van der Waals surface area contributed by atoms with Gasteiger partial charge in [0, 0.05) is 65.3 Å². The Balaban J connectivity index is 1.34. The first-order valence-electron chi connectivity index (χ1n) is 30.8. The number of benzene rings is 4. The van der Waals surface area contributed by atoms with Crippen molar-refractivity contribution in [3.05, 3.63) is 138 Å². The predicted octanol–water partition coefficient (Wildman–Crippen LogP) is 7.52. The molecule has 0 spiro atoms. The molecule has 2 heterocycles. The molecule has 0 saturated carbocycles. The first kappa shape index (κ1) is 70.2. The van der Waals surface area contributed by atoms with E-state index in [4.69, 9.17) is 18.9 Å². The van der Waals surface area contributed by atoms with Gasteiger partial charge in [-0.1, -0.05) is 113 Å². The number of hydrogen-bond acceptors (Lipinski definition) is 14. The molecule has 0 radical (unpaired) electrons. The largest absolute Gasteiger partial charge is 0.493 e. The number of carbonyl (C=O) groups excluding carboxylic acids is 10. The Hall–Kier alpha value is -8.88. The van der Waals surface area contributed by atoms with Crippen molar-refractivity contribution in [1.82, 2.24) is 30.2 Å². The molecular formula is C69H89N7O14. The number of amides is 7. The molecule has 21 nitrogen and oxygen atoms in total. The Morgan fingerprint density at radius 2 is 1.37 bits per heavy atom. The predicted molar refractivity (Wildman–Crippen MR) is 338 cm³/mol. The number of likely N-dealkylation sites (N-methyl/N-ethyl adjacent to an activating group) is 3. The molecule has 484 valence electrons. The summed E-state index contributed by atoms with van der Waals surface area (Å²) in [7, 11) is 7.54. The summed E-state index contributed by atoms with van der Waals surface area (Å²) in [6, 6.07) is 24.0. The minimum Gasteiger partial charge on any atom is -0.493 e. The maximum Gasteiger partial charge on any atom is 0.330 e. The lowest BCUT2D eigenvalue weighted by molar-refractivity contribution is -0.165. The lowest BCUT2D eigenvalue weighted by Gasteiger charge is -2.36. The van der Waals surface area contributed by atoms with Crippen LogP contribution in [0.3, 0.4) is 0 Å². The molecule has 6 rings (SSSR count). The molecule has 7 amide bonds. The highest BCUT2D eigenvalue weighted by Gasteiger charge is 2.43. The molecule has 4 aromatic carbocycles. The number of nitrogens with zero attached hydrogens (tertiary/aromatic N) is 4. The van der Waals surface area contributed by atoms with Gasteiger partial charge in [0.25, 0.3) is 5.91 Å². The molecular weight excluding hydrogens is 1150 g/mol. The average Bonchev–Trinajstić information content (AvgIpc) is 0.976. The molecule has 0 aromatic heterocycles. The highest BCUT2D eigenvalue weighted by molar-refractivity contribution is 6.38. The molecule has 1 fully saturated rings. The van der Waals surface area contributed by atoms with Crippen molar-refractivity contribution in [2.24, 2.45) is 17.3 Å². The molecule has 0 unspecified atom stereocenters. The summed E-state index contributed by atoms with van der Waals surface area (Å²) in [6.07, 6.45) is 3.41. The summed E-state index contributed by atoms with van der Waals surface area (Å²) in [6.45, 7) is 9.96. The van der Waals surface area contributed by atoms with Gasteiger partial charge in [0.2, 0.25) is 41.2 Å². The number of fused-ring (bicyclic) bond motifs is 3. The number of ketones is 1. The second-order valence-corrected chi connectivity index (χ2v) is 24.5. The van der Waals surface area contributed by atoms with E-state index >= 15 is 0 Å². The monoisotopic (exact) mass is 1240 g/mol. The quantitative estimate of drug-likeness (QED) is 0.0970. The summed E-state index contributed by atoms with van der Waals surface area (Å²) < 4.78 is 22.8. The van der Waals surface area contributed by atoms with E-state index in [1.165, 1.54) is 67.8 Å². The fourth-order valence-corrected chi connectivity index (χ4v) is 11.1. The van der Waals surface area contributed by atoms with Crippen molar-refractivity contribution >= 4 is 64.8 Å². The standard InChI is InChI=1S/C69H89N7O14/c1-44(2)39-53-63(81)71-51(40-46-23-14-12-15-24-46)65(83)75(9)61(45(3)4)64(82)72-60(48-25-16-13-17-26-48)66(84)73(7)37-20-19-30-59(79)89-43-69(5,6)62(80)67(85)76-38-21-18-29-52(76)68(86)90-54(33-31-47-32-34-55(87-10)56(41-47)88-11)49-27-22-28-50(42-49)70-57(77)35-36-58(78)74(53)8/h12-17,19,22-28,30,32,34,41-42,44-45,51-54,60-61H,18,20-21,29,31,33,35-40,43H2,1-11H3,(H,70,77)(H,71,81)(H,72,82)/t51-,52+,53+,54-,60+,61+/m1/s1. The van der Waals surface area contributed by atoms with Gasteiger partial charge in [-0.05, 0) is 117 Å². The normalized spacial score (nSPS) is 22.3. The van der Waals surface area contributed by atoms with E-state index in [1.807, 2.05) is 44.2 Å². The number of esters is 2. The van der Waals surface area contributed by atoms with Gasteiger partial charge in [-0.3, -0.25) is 38.4 Å². The smallest absolute Gasteiger partial charge is 0.330 e. The highest BCUT2D eigenvalue weighted by atomic mass is 16.5. The Bertz CT molecular complexity index is 3200. The van der Waals surface area contributed by atoms with E-state index in [0.717, 1.165) is 11.6 Å². The molecule has 2 aliphatic rings. The lowest BCUT2D eigenvalue weighted by Crippen LogP contribution is -2.59. The molecule has 1 saturated heterocycles. The fourth-order valence-electron chi connectivity index (χ4n) is 11.1. The van der Waals surface area contributed by atoms with E-state index in [-0.39, 0.29) is 64.0 Å². The van der Waals surface area contributed by atoms with Crippen molar-refractivity contribution in [1.29, 1.82) is 0 Å². The number of anilines is 1. The molecule has 21 heteroatoms. The van der Waals surface area contributed by atoms with Crippen LogP contribution < -0.4 is 25.4 Å². The maximum absolute atomic E-state index is 15.0. The second kappa shape index (κ2) is 33.1. The summed E-state index contributed by atoms with van der Waals surface area (Å²) >= 11 is 0. The number of hydrogen-bond donors (Lipinski definition) is 3. The zero-order valence-corrected chi connectivity index (χ0v) is 53.8. The van der Waals surface area contributed by atoms with E-state index in [0.29, 0.717) is 53.1 Å². The van der Waals surface area contributed by atoms with Crippen molar-refractivity contribution in [3.63, 3.8) is 0 Å². The van der Waals surface area contributed by atoms with Gasteiger partial charge in [0.1, 0.15) is 42.9 Å². The van der Waals surface area contributed by atoms with E-state index in [9.17, 15) is 47.9 Å². The highest BCUT2D eigenvalue weighted by Crippen LogP contribution is 2.33. The van der Waals surface area contributed by atoms with Crippen LogP contribution in [0.25, 0.3) is 0 Å². The molecule has 6 atom stereocenters. The number of methoxy groups -OCH3 is 2. The van der Waals surface area contributed by atoms with Gasteiger partial charge in [-0.25, -0.2) is 9.59 Å². The summed E-state index contributed by atoms with van der Waals surface area (Å²) in [5.41, 5.74) is 1.31. The number of Topliss-reactive ketones (excluding diaryl/α,β-unsaturated/α-hetero) is 1. The average molecular weight is 1240 g/mol. The van der Waals surface area contributed by atoms with Crippen LogP contribution in [0.2, 0.25) is 0 Å². The molecule has 0 aliphatic carbocycles. The van der Waals surface area contributed by atoms with Crippen LogP contribution in [-0.2, 0) is 70.3 Å². The summed E-state index contributed by atoms with van der Waals surface area (Å²) in [4.78, 5) is 148. The van der Waals surface area contributed by atoms with Gasteiger partial charge in [-0.2, -0.15) is 0 Å². The van der Waals surface area contributed by atoms with Gasteiger partial charge in [-0.15, -0.1) is 0 Å². The van der Waals surface area contributed by atoms with Crippen LogP contribution in [0.1, 0.15) is 127 Å². The van der Waals surface area contributed by atoms with Gasteiger partial charge in [0.05, 0.1) is 19.6 Å². The molecule has 2 bridgehead atoms. The van der Waals surface area contributed by atoms with Gasteiger partial charge >= 0.3 is 11.9 Å². The molecule has 3 N–H and O–H groups in total. The van der Waals surface area contributed by atoms with Crippen LogP contribution in [0, 0.1) is 17.3 Å². The Morgan fingerprint density at radius 3 is 2.03 bits per heavy atom. The van der Waals surface area contributed by atoms with Gasteiger partial charge in [0.15, 0.2) is 11.5 Å². The van der Waals surface area contributed by atoms with Crippen molar-refractivity contribution < 1.29 is 66.9 Å². The van der Waals surface area contributed by atoms with Crippen LogP contribution >= 0.6 is 0 Å². The van der Waals surface area contributed by atoms with Crippen molar-refractivity contribution in [2.75, 3.05) is 60.4 Å². The Kier molecular flexibility index (Phi) is 25.8. The number of aryl methyl sites for hydroxylation is 1. The third-order valence-corrected chi connectivity index (χ3v) is 16.3. The number of carbonyl (C=O) groups is 10. The van der Waals surface area contributed by atoms with Crippen molar-refractivity contribution in [2.45, 2.75) is 142 Å². The molecule has 4 aromatic rings. The zero-order valence-electron chi connectivity index (χ0n) is 53.8. The molecule has 2 aliphatic heterocycles. The minimum atomic E-state index is -1.52. The molecule has 90 heavy (non-hydrogen) atoms. The number of cyclic esters (lactones) is 2. The van der Waals surface area contributed by atoms with Crippen LogP contribution in [0.15, 0.2) is 115 Å². The Labute approximate surface area is 528 Å². The number of piperidine rings is 1. The number of nitrogens with one attached hydrogen (secondary N) is 3. The second-order valence-electron chi connectivity index (χ2n) is 24.5. The third kappa shape index (κ3) is 19.3.